The summed E-state index contributed by atoms with van der Waals surface area (Å²) in [5, 5.41) is 14.2. The zero-order chi connectivity index (χ0) is 12.5. The molecule has 0 amide bonds. The number of hydrogen-bond acceptors (Lipinski definition) is 4. The highest BCUT2D eigenvalue weighted by molar-refractivity contribution is 7.11. The van der Waals surface area contributed by atoms with E-state index in [1.165, 1.54) is 11.1 Å². The lowest BCUT2D eigenvalue weighted by molar-refractivity contribution is 0.584. The molecule has 1 aromatic heterocycles. The molecule has 0 bridgehead atoms. The molecule has 1 unspecified atom stereocenters. The lowest BCUT2D eigenvalue weighted by atomic mass is 9.78. The summed E-state index contributed by atoms with van der Waals surface area (Å²) in [5.74, 6) is 0.478. The van der Waals surface area contributed by atoms with Gasteiger partial charge in [-0.15, -0.1) is 10.2 Å². The fraction of sp³-hybridized carbons (Fsp3) is 0.429. The quantitative estimate of drug-likeness (QED) is 0.917. The van der Waals surface area contributed by atoms with E-state index in [9.17, 15) is 0 Å². The first-order chi connectivity index (χ1) is 8.74. The average molecular weight is 259 g/mol. The molecule has 4 heteroatoms. The van der Waals surface area contributed by atoms with Crippen molar-refractivity contribution in [3.8, 4) is 0 Å². The molecule has 0 radical (unpaired) electrons. The average Bonchev–Trinajstić information content (AvgIpc) is 2.77. The Balaban J connectivity index is 1.72. The summed E-state index contributed by atoms with van der Waals surface area (Å²) in [5.41, 5.74) is 2.89. The minimum absolute atomic E-state index is 0.478. The molecule has 1 heterocycles. The van der Waals surface area contributed by atoms with Gasteiger partial charge in [-0.1, -0.05) is 49.4 Å². The standard InChI is InChI=1S/C14H17N3S/c1-9(2)15-8-13-16-17-14(18-13)12-7-10-5-3-4-6-11(10)12/h3-6,9,12,15H,7-8H2,1-2H3. The zero-order valence-electron chi connectivity index (χ0n) is 10.7. The molecule has 1 aromatic carbocycles. The maximum atomic E-state index is 4.34. The Labute approximate surface area is 111 Å². The summed E-state index contributed by atoms with van der Waals surface area (Å²) >= 11 is 1.74. The van der Waals surface area contributed by atoms with Gasteiger partial charge in [0, 0.05) is 18.5 Å². The molecule has 18 heavy (non-hydrogen) atoms. The van der Waals surface area contributed by atoms with Crippen molar-refractivity contribution < 1.29 is 0 Å². The Morgan fingerprint density at radius 2 is 2.17 bits per heavy atom. The van der Waals surface area contributed by atoms with Crippen LogP contribution in [-0.4, -0.2) is 16.2 Å². The van der Waals surface area contributed by atoms with Crippen LogP contribution in [0.25, 0.3) is 0 Å². The van der Waals surface area contributed by atoms with Crippen molar-refractivity contribution in [2.24, 2.45) is 0 Å². The van der Waals surface area contributed by atoms with E-state index >= 15 is 0 Å². The van der Waals surface area contributed by atoms with Crippen LogP contribution < -0.4 is 5.32 Å². The number of aromatic nitrogens is 2. The van der Waals surface area contributed by atoms with Gasteiger partial charge in [-0.25, -0.2) is 0 Å². The minimum Gasteiger partial charge on any atom is -0.308 e. The van der Waals surface area contributed by atoms with Gasteiger partial charge in [-0.2, -0.15) is 0 Å². The molecule has 0 spiro atoms. The number of rotatable bonds is 4. The van der Waals surface area contributed by atoms with Crippen molar-refractivity contribution >= 4 is 11.3 Å². The molecule has 3 rings (SSSR count). The van der Waals surface area contributed by atoms with Gasteiger partial charge in [0.15, 0.2) is 0 Å². The van der Waals surface area contributed by atoms with E-state index in [0.29, 0.717) is 12.0 Å². The zero-order valence-corrected chi connectivity index (χ0v) is 11.5. The fourth-order valence-corrected chi connectivity index (χ4v) is 3.16. The highest BCUT2D eigenvalue weighted by atomic mass is 32.1. The minimum atomic E-state index is 0.478. The predicted molar refractivity (Wildman–Crippen MR) is 73.9 cm³/mol. The van der Waals surface area contributed by atoms with Crippen LogP contribution in [0.3, 0.4) is 0 Å². The van der Waals surface area contributed by atoms with Crippen LogP contribution in [0.2, 0.25) is 0 Å². The number of nitrogens with one attached hydrogen (secondary N) is 1. The monoisotopic (exact) mass is 259 g/mol. The van der Waals surface area contributed by atoms with Gasteiger partial charge >= 0.3 is 0 Å². The van der Waals surface area contributed by atoms with E-state index in [0.717, 1.165) is 23.0 Å². The maximum Gasteiger partial charge on any atom is 0.131 e. The van der Waals surface area contributed by atoms with Gasteiger partial charge < -0.3 is 5.32 Å². The highest BCUT2D eigenvalue weighted by Crippen LogP contribution is 2.40. The van der Waals surface area contributed by atoms with Gasteiger partial charge in [0.05, 0.1) is 0 Å². The molecule has 1 aliphatic carbocycles. The van der Waals surface area contributed by atoms with Crippen LogP contribution in [-0.2, 0) is 13.0 Å². The Bertz CT molecular complexity index is 547. The van der Waals surface area contributed by atoms with Gasteiger partial charge in [0.1, 0.15) is 10.0 Å². The van der Waals surface area contributed by atoms with Crippen LogP contribution in [0.1, 0.15) is 40.9 Å². The third kappa shape index (κ3) is 2.18. The first kappa shape index (κ1) is 11.8. The molecule has 1 N–H and O–H groups in total. The highest BCUT2D eigenvalue weighted by Gasteiger charge is 2.29. The first-order valence-corrected chi connectivity index (χ1v) is 7.19. The predicted octanol–water partition coefficient (Wildman–Crippen LogP) is 2.72. The van der Waals surface area contributed by atoms with E-state index in [1.54, 1.807) is 11.3 Å². The number of benzene rings is 1. The van der Waals surface area contributed by atoms with Gasteiger partial charge in [-0.3, -0.25) is 0 Å². The van der Waals surface area contributed by atoms with E-state index < -0.39 is 0 Å². The topological polar surface area (TPSA) is 37.8 Å². The summed E-state index contributed by atoms with van der Waals surface area (Å²) in [4.78, 5) is 0. The molecule has 0 saturated carbocycles. The molecule has 0 saturated heterocycles. The van der Waals surface area contributed by atoms with Crippen LogP contribution in [0.4, 0.5) is 0 Å². The second-order valence-electron chi connectivity index (χ2n) is 5.03. The Morgan fingerprint density at radius 3 is 2.94 bits per heavy atom. The van der Waals surface area contributed by atoms with Crippen molar-refractivity contribution in [1.82, 2.24) is 15.5 Å². The normalized spacial score (nSPS) is 17.6. The smallest absolute Gasteiger partial charge is 0.131 e. The number of hydrogen-bond donors (Lipinski definition) is 1. The SMILES string of the molecule is CC(C)NCc1nnc(C2Cc3ccccc32)s1. The van der Waals surface area contributed by atoms with Gasteiger partial charge in [0.25, 0.3) is 0 Å². The van der Waals surface area contributed by atoms with E-state index in [1.807, 2.05) is 0 Å². The summed E-state index contributed by atoms with van der Waals surface area (Å²) in [6, 6.07) is 9.10. The van der Waals surface area contributed by atoms with Gasteiger partial charge in [0.2, 0.25) is 0 Å². The van der Waals surface area contributed by atoms with E-state index in [-0.39, 0.29) is 0 Å². The Hall–Kier alpha value is -1.26. The lowest BCUT2D eigenvalue weighted by Crippen LogP contribution is -2.21. The second kappa shape index (κ2) is 4.78. The van der Waals surface area contributed by atoms with Crippen LogP contribution >= 0.6 is 11.3 Å². The third-order valence-corrected chi connectivity index (χ3v) is 4.33. The maximum absolute atomic E-state index is 4.34. The molecule has 0 aliphatic heterocycles. The first-order valence-electron chi connectivity index (χ1n) is 6.37. The van der Waals surface area contributed by atoms with Crippen molar-refractivity contribution in [3.63, 3.8) is 0 Å². The molecule has 1 aliphatic rings. The van der Waals surface area contributed by atoms with Crippen molar-refractivity contribution in [2.75, 3.05) is 0 Å². The molecule has 94 valence electrons. The summed E-state index contributed by atoms with van der Waals surface area (Å²) < 4.78 is 0. The molecular formula is C14H17N3S. The molecule has 0 fully saturated rings. The van der Waals surface area contributed by atoms with Crippen LogP contribution in [0.15, 0.2) is 24.3 Å². The number of nitrogens with zero attached hydrogens (tertiary/aromatic N) is 2. The van der Waals surface area contributed by atoms with Crippen molar-refractivity contribution in [1.29, 1.82) is 0 Å². The van der Waals surface area contributed by atoms with Crippen molar-refractivity contribution in [2.45, 2.75) is 38.8 Å². The number of fused-ring (bicyclic) bond motifs is 1. The van der Waals surface area contributed by atoms with Crippen LogP contribution in [0, 0.1) is 0 Å². The summed E-state index contributed by atoms with van der Waals surface area (Å²) in [6.45, 7) is 5.11. The third-order valence-electron chi connectivity index (χ3n) is 3.30. The lowest BCUT2D eigenvalue weighted by Gasteiger charge is -2.27. The van der Waals surface area contributed by atoms with Gasteiger partial charge in [-0.05, 0) is 17.5 Å². The Morgan fingerprint density at radius 1 is 1.33 bits per heavy atom. The summed E-state index contributed by atoms with van der Waals surface area (Å²) in [6.07, 6.45) is 1.11. The van der Waals surface area contributed by atoms with E-state index in [2.05, 4.69) is 53.6 Å². The molecule has 1 atom stereocenters. The second-order valence-corrected chi connectivity index (χ2v) is 6.12. The molecule has 2 aromatic rings. The van der Waals surface area contributed by atoms with Crippen molar-refractivity contribution in [3.05, 3.63) is 45.4 Å². The largest absolute Gasteiger partial charge is 0.308 e. The van der Waals surface area contributed by atoms with E-state index in [4.69, 9.17) is 0 Å². The summed E-state index contributed by atoms with van der Waals surface area (Å²) in [7, 11) is 0. The molecular weight excluding hydrogens is 242 g/mol. The fourth-order valence-electron chi connectivity index (χ4n) is 2.25. The molecule has 3 nitrogen and oxygen atoms in total. The Kier molecular flexibility index (Phi) is 3.14. The van der Waals surface area contributed by atoms with Crippen LogP contribution in [0.5, 0.6) is 0 Å².